The van der Waals surface area contributed by atoms with Crippen LogP contribution in [0.25, 0.3) is 10.2 Å². The Morgan fingerprint density at radius 1 is 1.11 bits per heavy atom. The second-order valence-corrected chi connectivity index (χ2v) is 8.37. The molecule has 0 aliphatic heterocycles. The molecule has 2 N–H and O–H groups in total. The van der Waals surface area contributed by atoms with Gasteiger partial charge in [-0.1, -0.05) is 42.1 Å². The minimum Gasteiger partial charge on any atom is -0.468 e. The first-order chi connectivity index (χ1) is 13.5. The van der Waals surface area contributed by atoms with Crippen molar-refractivity contribution in [3.05, 3.63) is 40.8 Å². The van der Waals surface area contributed by atoms with Crippen molar-refractivity contribution in [1.82, 2.24) is 9.97 Å². The zero-order valence-corrected chi connectivity index (χ0v) is 17.6. The number of methoxy groups -OCH3 is 2. The summed E-state index contributed by atoms with van der Waals surface area (Å²) in [6.45, 7) is 0. The predicted octanol–water partition coefficient (Wildman–Crippen LogP) is 3.62. The van der Waals surface area contributed by atoms with E-state index in [1.807, 2.05) is 30.3 Å². The van der Waals surface area contributed by atoms with Gasteiger partial charge in [0.1, 0.15) is 14.7 Å². The van der Waals surface area contributed by atoms with E-state index in [1.54, 1.807) is 0 Å². The van der Waals surface area contributed by atoms with Crippen molar-refractivity contribution in [2.45, 2.75) is 15.9 Å². The number of hydrogen-bond donors (Lipinski definition) is 1. The van der Waals surface area contributed by atoms with Gasteiger partial charge in [0.25, 0.3) is 0 Å². The average molecular weight is 436 g/mol. The summed E-state index contributed by atoms with van der Waals surface area (Å²) in [5, 5.41) is 1.71. The van der Waals surface area contributed by atoms with Crippen molar-refractivity contribution in [2.24, 2.45) is 0 Å². The molecule has 0 atom stereocenters. The normalized spacial score (nSPS) is 10.8. The van der Waals surface area contributed by atoms with Crippen molar-refractivity contribution in [3.8, 4) is 0 Å². The highest BCUT2D eigenvalue weighted by Crippen LogP contribution is 2.40. The third-order valence-electron chi connectivity index (χ3n) is 3.67. The van der Waals surface area contributed by atoms with Gasteiger partial charge >= 0.3 is 11.9 Å². The SMILES string of the molecule is COC(=O)CSc1nc(SCc2ccccc2)c2c(N)c(C(=O)OC)sc2n1. The maximum Gasteiger partial charge on any atom is 0.350 e. The maximum absolute atomic E-state index is 12.0. The molecular formula is C18H17N3O4S3. The molecule has 28 heavy (non-hydrogen) atoms. The average Bonchev–Trinajstić information content (AvgIpc) is 3.07. The molecule has 7 nitrogen and oxygen atoms in total. The molecule has 10 heteroatoms. The summed E-state index contributed by atoms with van der Waals surface area (Å²) in [6.07, 6.45) is 0. The minimum atomic E-state index is -0.511. The van der Waals surface area contributed by atoms with E-state index in [0.717, 1.165) is 16.9 Å². The zero-order chi connectivity index (χ0) is 20.1. The molecule has 0 bridgehead atoms. The van der Waals surface area contributed by atoms with Crippen LogP contribution in [0, 0.1) is 0 Å². The van der Waals surface area contributed by atoms with Gasteiger partial charge in [0.15, 0.2) is 5.16 Å². The summed E-state index contributed by atoms with van der Waals surface area (Å²) < 4.78 is 9.47. The first-order valence-corrected chi connectivity index (χ1v) is 10.9. The van der Waals surface area contributed by atoms with Gasteiger partial charge < -0.3 is 15.2 Å². The van der Waals surface area contributed by atoms with Gasteiger partial charge in [0.2, 0.25) is 0 Å². The van der Waals surface area contributed by atoms with Gasteiger partial charge in [-0.3, -0.25) is 4.79 Å². The number of thiophene rings is 1. The van der Waals surface area contributed by atoms with Crippen LogP contribution in [0.15, 0.2) is 40.5 Å². The number of benzene rings is 1. The fourth-order valence-corrected chi connectivity index (χ4v) is 5.16. The molecule has 146 valence electrons. The van der Waals surface area contributed by atoms with Gasteiger partial charge in [0, 0.05) is 5.75 Å². The lowest BCUT2D eigenvalue weighted by atomic mass is 10.2. The van der Waals surface area contributed by atoms with E-state index in [1.165, 1.54) is 37.7 Å². The number of fused-ring (bicyclic) bond motifs is 1. The maximum atomic E-state index is 12.0. The van der Waals surface area contributed by atoms with Crippen LogP contribution in [0.2, 0.25) is 0 Å². The molecule has 0 spiro atoms. The lowest BCUT2D eigenvalue weighted by Crippen LogP contribution is -2.04. The van der Waals surface area contributed by atoms with Crippen molar-refractivity contribution < 1.29 is 19.1 Å². The number of ether oxygens (including phenoxy) is 2. The number of nitrogens with zero attached hydrogens (tertiary/aromatic N) is 2. The monoisotopic (exact) mass is 435 g/mol. The van der Waals surface area contributed by atoms with E-state index in [0.29, 0.717) is 36.7 Å². The van der Waals surface area contributed by atoms with Gasteiger partial charge in [-0.05, 0) is 5.56 Å². The number of hydrogen-bond acceptors (Lipinski definition) is 10. The highest BCUT2D eigenvalue weighted by atomic mass is 32.2. The van der Waals surface area contributed by atoms with Gasteiger partial charge in [0.05, 0.1) is 31.0 Å². The van der Waals surface area contributed by atoms with Crippen molar-refractivity contribution >= 4 is 62.7 Å². The molecule has 0 unspecified atom stereocenters. The first kappa shape index (κ1) is 20.4. The van der Waals surface area contributed by atoms with Crippen LogP contribution < -0.4 is 5.73 Å². The Morgan fingerprint density at radius 3 is 2.54 bits per heavy atom. The van der Waals surface area contributed by atoms with Crippen LogP contribution in [0.4, 0.5) is 5.69 Å². The molecule has 3 aromatic rings. The molecule has 0 radical (unpaired) electrons. The first-order valence-electron chi connectivity index (χ1n) is 8.08. The molecule has 0 saturated carbocycles. The van der Waals surface area contributed by atoms with E-state index in [2.05, 4.69) is 14.7 Å². The summed E-state index contributed by atoms with van der Waals surface area (Å²) in [6, 6.07) is 9.94. The Bertz CT molecular complexity index is 1010. The molecule has 0 saturated heterocycles. The largest absolute Gasteiger partial charge is 0.468 e. The Balaban J connectivity index is 1.99. The number of aromatic nitrogens is 2. The van der Waals surface area contributed by atoms with E-state index < -0.39 is 5.97 Å². The number of rotatable bonds is 7. The van der Waals surface area contributed by atoms with Crippen molar-refractivity contribution in [2.75, 3.05) is 25.7 Å². The summed E-state index contributed by atoms with van der Waals surface area (Å²) in [4.78, 5) is 33.4. The number of anilines is 1. The molecule has 0 amide bonds. The van der Waals surface area contributed by atoms with Gasteiger partial charge in [-0.15, -0.1) is 23.1 Å². The smallest absolute Gasteiger partial charge is 0.350 e. The quantitative estimate of drug-likeness (QED) is 0.258. The third-order valence-corrected chi connectivity index (χ3v) is 6.62. The molecule has 1 aromatic carbocycles. The zero-order valence-electron chi connectivity index (χ0n) is 15.1. The second-order valence-electron chi connectivity index (χ2n) is 5.47. The Labute approximate surface area is 174 Å². The second kappa shape index (κ2) is 9.26. The van der Waals surface area contributed by atoms with Crippen LogP contribution in [0.3, 0.4) is 0 Å². The van der Waals surface area contributed by atoms with Gasteiger partial charge in [-0.2, -0.15) is 0 Å². The third kappa shape index (κ3) is 4.57. The summed E-state index contributed by atoms with van der Waals surface area (Å²) in [7, 11) is 2.64. The molecule has 0 aliphatic rings. The highest BCUT2D eigenvalue weighted by molar-refractivity contribution is 8.00. The molecule has 0 aliphatic carbocycles. The minimum absolute atomic E-state index is 0.0928. The van der Waals surface area contributed by atoms with E-state index in [-0.39, 0.29) is 11.7 Å². The summed E-state index contributed by atoms with van der Waals surface area (Å²) in [5.41, 5.74) is 7.66. The van der Waals surface area contributed by atoms with E-state index in [9.17, 15) is 9.59 Å². The summed E-state index contributed by atoms with van der Waals surface area (Å²) >= 11 is 3.82. The Morgan fingerprint density at radius 2 is 1.86 bits per heavy atom. The van der Waals surface area contributed by atoms with Crippen molar-refractivity contribution in [1.29, 1.82) is 0 Å². The van der Waals surface area contributed by atoms with Crippen LogP contribution in [0.1, 0.15) is 15.2 Å². The fraction of sp³-hybridized carbons (Fsp3) is 0.222. The van der Waals surface area contributed by atoms with Crippen LogP contribution in [0.5, 0.6) is 0 Å². The number of nitrogens with two attached hydrogens (primary N) is 1. The Kier molecular flexibility index (Phi) is 6.76. The molecule has 2 aromatic heterocycles. The Hall–Kier alpha value is -2.30. The van der Waals surface area contributed by atoms with E-state index >= 15 is 0 Å². The molecular weight excluding hydrogens is 418 g/mol. The van der Waals surface area contributed by atoms with Crippen LogP contribution >= 0.6 is 34.9 Å². The standard InChI is InChI=1S/C18H17N3O4S3/c1-24-11(22)9-27-18-20-15(26-8-10-6-4-3-5-7-10)12-13(19)14(17(23)25-2)28-16(12)21-18/h3-7H,8-9,19H2,1-2H3. The number of carbonyl (C=O) groups is 2. The topological polar surface area (TPSA) is 104 Å². The molecule has 3 rings (SSSR count). The highest BCUT2D eigenvalue weighted by Gasteiger charge is 2.22. The lowest BCUT2D eigenvalue weighted by Gasteiger charge is -2.07. The van der Waals surface area contributed by atoms with Crippen molar-refractivity contribution in [3.63, 3.8) is 0 Å². The predicted molar refractivity (Wildman–Crippen MR) is 112 cm³/mol. The number of carbonyl (C=O) groups excluding carboxylic acids is 2. The number of nitrogen functional groups attached to an aromatic ring is 1. The molecule has 2 heterocycles. The van der Waals surface area contributed by atoms with Crippen LogP contribution in [-0.2, 0) is 20.0 Å². The fourth-order valence-electron chi connectivity index (χ4n) is 2.29. The number of thioether (sulfide) groups is 2. The molecule has 0 fully saturated rings. The lowest BCUT2D eigenvalue weighted by molar-refractivity contribution is -0.137. The summed E-state index contributed by atoms with van der Waals surface area (Å²) in [5.74, 6) is -0.108. The van der Waals surface area contributed by atoms with Crippen LogP contribution in [-0.4, -0.2) is 41.9 Å². The van der Waals surface area contributed by atoms with E-state index in [4.69, 9.17) is 10.5 Å². The van der Waals surface area contributed by atoms with Gasteiger partial charge in [-0.25, -0.2) is 14.8 Å². The number of esters is 2.